The Morgan fingerprint density at radius 1 is 1.32 bits per heavy atom. The normalized spacial score (nSPS) is 12.4. The van der Waals surface area contributed by atoms with Gasteiger partial charge in [-0.1, -0.05) is 19.1 Å². The molecule has 0 aromatic carbocycles. The molecule has 22 heavy (non-hydrogen) atoms. The topological polar surface area (TPSA) is 49.3 Å². The van der Waals surface area contributed by atoms with Gasteiger partial charge in [-0.2, -0.15) is 0 Å². The highest BCUT2D eigenvalue weighted by molar-refractivity contribution is 14.0. The van der Waals surface area contributed by atoms with Gasteiger partial charge in [-0.3, -0.25) is 9.98 Å². The lowest BCUT2D eigenvalue weighted by Gasteiger charge is -2.15. The van der Waals surface area contributed by atoms with Crippen LogP contribution in [0.25, 0.3) is 0 Å². The smallest absolute Gasteiger partial charge is 0.191 e. The molecule has 2 N–H and O–H groups in total. The Morgan fingerprint density at radius 2 is 2.14 bits per heavy atom. The number of aliphatic imine (C=N–C) groups is 1. The van der Waals surface area contributed by atoms with Crippen molar-refractivity contribution in [2.45, 2.75) is 26.3 Å². The maximum atomic E-state index is 4.38. The molecule has 4 nitrogen and oxygen atoms in total. The third-order valence-corrected chi connectivity index (χ3v) is 4.47. The fraction of sp³-hybridized carbons (Fsp3) is 0.375. The molecule has 0 spiro atoms. The molecule has 2 rings (SSSR count). The summed E-state index contributed by atoms with van der Waals surface area (Å²) in [7, 11) is 1.79. The Labute approximate surface area is 153 Å². The first kappa shape index (κ1) is 18.9. The standard InChI is InChI=1S/C16H22N4S.HI/c1-12-6-4-8-18-14(12)11-20-16(17-3)19-10-13(2)15-7-5-9-21-15;/h4-9,13H,10-11H2,1-3H3,(H2,17,19,20);1H. The van der Waals surface area contributed by atoms with Crippen LogP contribution in [0.3, 0.4) is 0 Å². The van der Waals surface area contributed by atoms with Crippen LogP contribution in [0.2, 0.25) is 0 Å². The van der Waals surface area contributed by atoms with Crippen molar-refractivity contribution < 1.29 is 0 Å². The molecule has 0 amide bonds. The van der Waals surface area contributed by atoms with Gasteiger partial charge in [0, 0.05) is 30.6 Å². The fourth-order valence-electron chi connectivity index (χ4n) is 2.01. The van der Waals surface area contributed by atoms with Gasteiger partial charge in [-0.25, -0.2) is 0 Å². The molecule has 0 aliphatic carbocycles. The third kappa shape index (κ3) is 5.57. The summed E-state index contributed by atoms with van der Waals surface area (Å²) in [5, 5.41) is 8.79. The van der Waals surface area contributed by atoms with E-state index in [1.165, 1.54) is 10.4 Å². The van der Waals surface area contributed by atoms with Crippen molar-refractivity contribution in [3.8, 4) is 0 Å². The zero-order valence-corrected chi connectivity index (χ0v) is 16.3. The second kappa shape index (κ2) is 9.78. The van der Waals surface area contributed by atoms with E-state index in [9.17, 15) is 0 Å². The van der Waals surface area contributed by atoms with Crippen molar-refractivity contribution in [3.05, 3.63) is 52.0 Å². The molecular formula is C16H23IN4S. The van der Waals surface area contributed by atoms with Crippen LogP contribution >= 0.6 is 35.3 Å². The zero-order valence-electron chi connectivity index (χ0n) is 13.2. The molecule has 0 radical (unpaired) electrons. The summed E-state index contributed by atoms with van der Waals surface area (Å²) in [6.07, 6.45) is 1.82. The Balaban J connectivity index is 0.00000242. The van der Waals surface area contributed by atoms with E-state index in [0.717, 1.165) is 18.2 Å². The van der Waals surface area contributed by atoms with Crippen LogP contribution in [0.1, 0.15) is 29.0 Å². The molecule has 2 heterocycles. The maximum absolute atomic E-state index is 4.38. The third-order valence-electron chi connectivity index (χ3n) is 3.37. The van der Waals surface area contributed by atoms with Gasteiger partial charge in [0.2, 0.25) is 0 Å². The monoisotopic (exact) mass is 430 g/mol. The van der Waals surface area contributed by atoms with Gasteiger partial charge in [-0.05, 0) is 30.0 Å². The van der Waals surface area contributed by atoms with Gasteiger partial charge in [0.1, 0.15) is 0 Å². The Bertz CT molecular complexity index is 584. The van der Waals surface area contributed by atoms with Gasteiger partial charge in [0.25, 0.3) is 0 Å². The highest BCUT2D eigenvalue weighted by atomic mass is 127. The highest BCUT2D eigenvalue weighted by Crippen LogP contribution is 2.19. The molecule has 0 aliphatic heterocycles. The van der Waals surface area contributed by atoms with Crippen LogP contribution in [0.15, 0.2) is 40.8 Å². The number of halogens is 1. The average Bonchev–Trinajstić information content (AvgIpc) is 3.03. The first-order valence-corrected chi connectivity index (χ1v) is 7.97. The van der Waals surface area contributed by atoms with Crippen molar-refractivity contribution in [1.82, 2.24) is 15.6 Å². The molecule has 1 atom stereocenters. The van der Waals surface area contributed by atoms with E-state index in [1.807, 2.05) is 12.3 Å². The van der Waals surface area contributed by atoms with Crippen LogP contribution in [-0.2, 0) is 6.54 Å². The van der Waals surface area contributed by atoms with E-state index in [0.29, 0.717) is 12.5 Å². The van der Waals surface area contributed by atoms with Gasteiger partial charge < -0.3 is 10.6 Å². The molecule has 120 valence electrons. The number of pyridine rings is 1. The Kier molecular flexibility index (Phi) is 8.40. The van der Waals surface area contributed by atoms with Crippen LogP contribution in [0.4, 0.5) is 0 Å². The summed E-state index contributed by atoms with van der Waals surface area (Å²) in [5.74, 6) is 1.28. The van der Waals surface area contributed by atoms with Crippen molar-refractivity contribution in [1.29, 1.82) is 0 Å². The van der Waals surface area contributed by atoms with E-state index in [1.54, 1.807) is 18.4 Å². The molecule has 0 bridgehead atoms. The lowest BCUT2D eigenvalue weighted by atomic mass is 10.1. The fourth-order valence-corrected chi connectivity index (χ4v) is 2.80. The molecule has 0 saturated carbocycles. The number of hydrogen-bond acceptors (Lipinski definition) is 3. The van der Waals surface area contributed by atoms with Crippen LogP contribution in [0, 0.1) is 6.92 Å². The molecular weight excluding hydrogens is 407 g/mol. The molecule has 6 heteroatoms. The number of nitrogens with zero attached hydrogens (tertiary/aromatic N) is 2. The number of aromatic nitrogens is 1. The van der Waals surface area contributed by atoms with Gasteiger partial charge in [-0.15, -0.1) is 35.3 Å². The summed E-state index contributed by atoms with van der Waals surface area (Å²) in [4.78, 5) is 10.0. The summed E-state index contributed by atoms with van der Waals surface area (Å²) in [5.41, 5.74) is 2.24. The lowest BCUT2D eigenvalue weighted by molar-refractivity contribution is 0.705. The summed E-state index contributed by atoms with van der Waals surface area (Å²) in [6, 6.07) is 8.28. The van der Waals surface area contributed by atoms with Crippen molar-refractivity contribution in [2.24, 2.45) is 4.99 Å². The van der Waals surface area contributed by atoms with E-state index in [-0.39, 0.29) is 24.0 Å². The predicted molar refractivity (Wildman–Crippen MR) is 105 cm³/mol. The number of nitrogens with one attached hydrogen (secondary N) is 2. The molecule has 2 aromatic heterocycles. The van der Waals surface area contributed by atoms with Gasteiger partial charge in [0.05, 0.1) is 12.2 Å². The van der Waals surface area contributed by atoms with E-state index in [2.05, 4.69) is 58.0 Å². The van der Waals surface area contributed by atoms with E-state index < -0.39 is 0 Å². The van der Waals surface area contributed by atoms with Crippen LogP contribution in [-0.4, -0.2) is 24.5 Å². The minimum atomic E-state index is 0. The minimum Gasteiger partial charge on any atom is -0.356 e. The van der Waals surface area contributed by atoms with Crippen molar-refractivity contribution in [3.63, 3.8) is 0 Å². The number of aryl methyl sites for hydroxylation is 1. The van der Waals surface area contributed by atoms with Crippen molar-refractivity contribution in [2.75, 3.05) is 13.6 Å². The zero-order chi connectivity index (χ0) is 15.1. The number of guanidine groups is 1. The van der Waals surface area contributed by atoms with Crippen molar-refractivity contribution >= 4 is 41.3 Å². The van der Waals surface area contributed by atoms with Gasteiger partial charge >= 0.3 is 0 Å². The number of hydrogen-bond donors (Lipinski definition) is 2. The first-order valence-electron chi connectivity index (χ1n) is 7.09. The SMILES string of the molecule is CN=C(NCc1ncccc1C)NCC(C)c1cccs1.I. The molecule has 1 unspecified atom stereocenters. The summed E-state index contributed by atoms with van der Waals surface area (Å²) in [6.45, 7) is 5.83. The predicted octanol–water partition coefficient (Wildman–Crippen LogP) is 3.54. The quantitative estimate of drug-likeness (QED) is 0.434. The maximum Gasteiger partial charge on any atom is 0.191 e. The highest BCUT2D eigenvalue weighted by Gasteiger charge is 2.07. The minimum absolute atomic E-state index is 0. The lowest BCUT2D eigenvalue weighted by Crippen LogP contribution is -2.38. The van der Waals surface area contributed by atoms with Gasteiger partial charge in [0.15, 0.2) is 5.96 Å². The average molecular weight is 430 g/mol. The summed E-state index contributed by atoms with van der Waals surface area (Å²) < 4.78 is 0. The molecule has 0 aliphatic rings. The second-order valence-corrected chi connectivity index (χ2v) is 5.97. The largest absolute Gasteiger partial charge is 0.356 e. The molecule has 0 fully saturated rings. The number of thiophene rings is 1. The first-order chi connectivity index (χ1) is 10.2. The van der Waals surface area contributed by atoms with Crippen LogP contribution in [0.5, 0.6) is 0 Å². The molecule has 0 saturated heterocycles. The second-order valence-electron chi connectivity index (χ2n) is 4.99. The molecule has 2 aromatic rings. The Hall–Kier alpha value is -1.15. The number of rotatable bonds is 5. The summed E-state index contributed by atoms with van der Waals surface area (Å²) >= 11 is 1.79. The van der Waals surface area contributed by atoms with E-state index in [4.69, 9.17) is 0 Å². The van der Waals surface area contributed by atoms with E-state index >= 15 is 0 Å². The van der Waals surface area contributed by atoms with Crippen LogP contribution < -0.4 is 10.6 Å². The Morgan fingerprint density at radius 3 is 2.77 bits per heavy atom.